The second-order valence-electron chi connectivity index (χ2n) is 16.6. The number of aryl methyl sites for hydroxylation is 3. The van der Waals surface area contributed by atoms with E-state index in [9.17, 15) is 18.9 Å². The fourth-order valence-electron chi connectivity index (χ4n) is 8.85. The Morgan fingerprint density at radius 1 is 1.21 bits per heavy atom. The predicted molar refractivity (Wildman–Crippen MR) is 217 cm³/mol. The van der Waals surface area contributed by atoms with E-state index in [1.54, 1.807) is 31.3 Å². The van der Waals surface area contributed by atoms with Gasteiger partial charge in [-0.05, 0) is 107 Å². The molecular formula is C43H54N6O6S. The van der Waals surface area contributed by atoms with Crippen molar-refractivity contribution >= 4 is 27.4 Å². The fourth-order valence-corrected chi connectivity index (χ4v) is 10.7. The molecule has 1 spiro atoms. The number of anilines is 1. The van der Waals surface area contributed by atoms with Gasteiger partial charge in [0.25, 0.3) is 11.8 Å². The maximum Gasteiger partial charge on any atom is 0.286 e. The summed E-state index contributed by atoms with van der Waals surface area (Å²) >= 11 is 0. The minimum absolute atomic E-state index is 0.0619. The molecular weight excluding hydrogens is 729 g/mol. The maximum absolute atomic E-state index is 14.7. The molecule has 0 saturated heterocycles. The van der Waals surface area contributed by atoms with E-state index in [0.717, 1.165) is 37.8 Å². The van der Waals surface area contributed by atoms with Gasteiger partial charge in [0.1, 0.15) is 26.8 Å². The van der Waals surface area contributed by atoms with Crippen molar-refractivity contribution in [2.45, 2.75) is 63.4 Å². The normalized spacial score (nSPS) is 29.3. The van der Waals surface area contributed by atoms with Crippen molar-refractivity contribution in [1.29, 1.82) is 0 Å². The Morgan fingerprint density at radius 3 is 2.79 bits per heavy atom. The molecule has 2 aliphatic carbocycles. The minimum atomic E-state index is -3.68. The number of allylic oxidation sites excluding steroid dienone is 1. The van der Waals surface area contributed by atoms with Crippen molar-refractivity contribution in [2.75, 3.05) is 58.1 Å². The first-order valence-corrected chi connectivity index (χ1v) is 21.2. The molecule has 3 heterocycles. The van der Waals surface area contributed by atoms with Crippen molar-refractivity contribution in [3.63, 3.8) is 0 Å². The molecule has 298 valence electrons. The molecule has 56 heavy (non-hydrogen) atoms. The maximum atomic E-state index is 14.7. The van der Waals surface area contributed by atoms with Gasteiger partial charge in [0.2, 0.25) is 5.88 Å². The molecule has 2 aliphatic heterocycles. The molecule has 2 bridgehead atoms. The highest BCUT2D eigenvalue weighted by Crippen LogP contribution is 2.48. The number of methoxy groups -OCH3 is 1. The van der Waals surface area contributed by atoms with Crippen molar-refractivity contribution in [3.8, 4) is 23.5 Å². The lowest BCUT2D eigenvalue weighted by molar-refractivity contribution is -0.00326. The standard InChI is InChI=1S/C43H54N6O6S/c1-29-12-15-35-31(22-29)11-8-18-42(35)27-49-24-33-13-16-36(33)43(52,20-9-21-47(3)4)19-7-10-30(2)26-56(53,46-40(51)34-25-48(5)44-41(34)54-6)45-39(50)32-14-17-38(55-28-42)37(49)23-32/h7,12,14-15,17,19,22-23,25,30,33,36,52H,8,10-11,13,16,18,21,24,26-28H2,1-6H3,(H,45,46,50,51,53)/b19-7-/t30-,33-,36+,42-,43+,56?/m0/s1. The number of benzene rings is 2. The third-order valence-corrected chi connectivity index (χ3v) is 13.7. The van der Waals surface area contributed by atoms with Gasteiger partial charge in [-0.2, -0.15) is 0 Å². The molecule has 6 atom stereocenters. The quantitative estimate of drug-likeness (QED) is 0.274. The number of ether oxygens (including phenoxy) is 2. The minimum Gasteiger partial charge on any atom is -0.490 e. The summed E-state index contributed by atoms with van der Waals surface area (Å²) in [4.78, 5) is 32.1. The number of aliphatic hydroxyl groups is 1. The van der Waals surface area contributed by atoms with Crippen molar-refractivity contribution in [3.05, 3.63) is 82.6 Å². The van der Waals surface area contributed by atoms with Crippen LogP contribution >= 0.6 is 0 Å². The zero-order valence-electron chi connectivity index (χ0n) is 33.3. The fraction of sp³-hybridized carbons (Fsp3) is 0.512. The zero-order valence-corrected chi connectivity index (χ0v) is 34.2. The van der Waals surface area contributed by atoms with E-state index in [1.807, 2.05) is 32.0 Å². The highest BCUT2D eigenvalue weighted by molar-refractivity contribution is 7.92. The van der Waals surface area contributed by atoms with Gasteiger partial charge >= 0.3 is 0 Å². The van der Waals surface area contributed by atoms with Gasteiger partial charge < -0.3 is 19.5 Å². The van der Waals surface area contributed by atoms with Crippen LogP contribution in [-0.2, 0) is 28.8 Å². The van der Waals surface area contributed by atoms with Gasteiger partial charge in [0.05, 0.1) is 31.7 Å². The van der Waals surface area contributed by atoms with Gasteiger partial charge in [-0.1, -0.05) is 48.6 Å². The zero-order chi connectivity index (χ0) is 39.8. The highest BCUT2D eigenvalue weighted by Gasteiger charge is 2.47. The smallest absolute Gasteiger partial charge is 0.286 e. The van der Waals surface area contributed by atoms with Crippen LogP contribution in [0.1, 0.15) is 76.4 Å². The largest absolute Gasteiger partial charge is 0.490 e. The SMILES string of the molecule is COc1nn(C)cc1C(=O)NS1(=O)=NC(=O)c2ccc3c(c2)N(C[C@@H]2CC[C@H]2[C@](O)(C#CCN(C)C)/C=C\C[C@H](C)C1)C[C@@]1(CCCc2cc(C)ccc21)CO3. The van der Waals surface area contributed by atoms with Crippen LogP contribution < -0.4 is 19.1 Å². The van der Waals surface area contributed by atoms with Crippen LogP contribution in [0.2, 0.25) is 0 Å². The number of carbonyl (C=O) groups excluding carboxylic acids is 2. The number of aromatic nitrogens is 2. The Hall–Kier alpha value is -4.64. The lowest BCUT2D eigenvalue weighted by Gasteiger charge is -2.47. The number of fused-ring (bicyclic) bond motifs is 4. The third-order valence-electron chi connectivity index (χ3n) is 11.7. The Balaban J connectivity index is 1.34. The van der Waals surface area contributed by atoms with Gasteiger partial charge in [0, 0.05) is 43.2 Å². The van der Waals surface area contributed by atoms with Crippen molar-refractivity contribution in [2.24, 2.45) is 29.2 Å². The molecule has 1 saturated carbocycles. The van der Waals surface area contributed by atoms with Crippen LogP contribution in [0, 0.1) is 36.5 Å². The number of hydrogen-bond donors (Lipinski definition) is 2. The van der Waals surface area contributed by atoms with Gasteiger partial charge in [-0.3, -0.25) is 23.9 Å². The van der Waals surface area contributed by atoms with E-state index < -0.39 is 27.3 Å². The molecule has 2 aromatic carbocycles. The lowest BCUT2D eigenvalue weighted by atomic mass is 9.64. The predicted octanol–water partition coefficient (Wildman–Crippen LogP) is 5.08. The summed E-state index contributed by atoms with van der Waals surface area (Å²) in [5.41, 5.74) is 3.27. The Bertz CT molecular complexity index is 2230. The molecule has 2 amide bonds. The number of amides is 2. The first kappa shape index (κ1) is 39.6. The summed E-state index contributed by atoms with van der Waals surface area (Å²) in [5, 5.41) is 16.6. The van der Waals surface area contributed by atoms with Crippen LogP contribution in [0.3, 0.4) is 0 Å². The molecule has 12 nitrogen and oxygen atoms in total. The number of nitrogens with zero attached hydrogens (tertiary/aromatic N) is 5. The number of hydrogen-bond acceptors (Lipinski definition) is 9. The Labute approximate surface area is 330 Å². The summed E-state index contributed by atoms with van der Waals surface area (Å²) < 4.78 is 35.0. The summed E-state index contributed by atoms with van der Waals surface area (Å²) in [7, 11) is 3.26. The van der Waals surface area contributed by atoms with Crippen LogP contribution in [0.4, 0.5) is 5.69 Å². The molecule has 7 rings (SSSR count). The average molecular weight is 783 g/mol. The summed E-state index contributed by atoms with van der Waals surface area (Å²) in [5.74, 6) is 5.34. The van der Waals surface area contributed by atoms with Crippen molar-refractivity contribution < 1.29 is 28.4 Å². The van der Waals surface area contributed by atoms with E-state index in [-0.39, 0.29) is 45.9 Å². The third kappa shape index (κ3) is 8.10. The van der Waals surface area contributed by atoms with E-state index in [4.69, 9.17) is 9.47 Å². The second-order valence-corrected chi connectivity index (χ2v) is 18.6. The number of carbonyl (C=O) groups is 2. The van der Waals surface area contributed by atoms with Crippen LogP contribution in [0.5, 0.6) is 11.6 Å². The van der Waals surface area contributed by atoms with Crippen LogP contribution in [-0.4, -0.2) is 94.6 Å². The van der Waals surface area contributed by atoms with E-state index in [2.05, 4.69) is 56.0 Å². The van der Waals surface area contributed by atoms with Gasteiger partial charge in [-0.15, -0.1) is 9.46 Å². The number of nitrogens with one attached hydrogen (secondary N) is 1. The molecule has 1 unspecified atom stereocenters. The van der Waals surface area contributed by atoms with Gasteiger partial charge in [0.15, 0.2) is 0 Å². The van der Waals surface area contributed by atoms with Crippen LogP contribution in [0.25, 0.3) is 0 Å². The topological polar surface area (TPSA) is 139 Å². The average Bonchev–Trinajstić information content (AvgIpc) is 3.44. The van der Waals surface area contributed by atoms with E-state index in [0.29, 0.717) is 38.4 Å². The lowest BCUT2D eigenvalue weighted by Crippen LogP contribution is -2.52. The van der Waals surface area contributed by atoms with Gasteiger partial charge in [-0.25, -0.2) is 4.21 Å². The number of rotatable bonds is 4. The first-order valence-electron chi connectivity index (χ1n) is 19.6. The molecule has 1 aromatic heterocycles. The summed E-state index contributed by atoms with van der Waals surface area (Å²) in [6, 6.07) is 12.0. The molecule has 13 heteroatoms. The molecule has 3 aromatic rings. The highest BCUT2D eigenvalue weighted by atomic mass is 32.2. The molecule has 0 radical (unpaired) electrons. The second kappa shape index (κ2) is 15.7. The van der Waals surface area contributed by atoms with E-state index in [1.165, 1.54) is 34.7 Å². The Morgan fingerprint density at radius 2 is 2.04 bits per heavy atom. The summed E-state index contributed by atoms with van der Waals surface area (Å²) in [6.07, 6.45) is 10.3. The monoisotopic (exact) mass is 782 g/mol. The van der Waals surface area contributed by atoms with Crippen LogP contribution in [0.15, 0.2) is 59.1 Å². The molecule has 1 fully saturated rings. The van der Waals surface area contributed by atoms with E-state index >= 15 is 0 Å². The molecule has 2 N–H and O–H groups in total. The summed E-state index contributed by atoms with van der Waals surface area (Å²) in [6.45, 7) is 6.28. The Kier molecular flexibility index (Phi) is 11.1. The molecule has 4 aliphatic rings. The van der Waals surface area contributed by atoms with Crippen molar-refractivity contribution in [1.82, 2.24) is 19.4 Å². The first-order chi connectivity index (χ1) is 26.7.